The quantitative estimate of drug-likeness (QED) is 0.133. The van der Waals surface area contributed by atoms with Gasteiger partial charge in [0, 0.05) is 23.3 Å². The van der Waals surface area contributed by atoms with Crippen molar-refractivity contribution in [2.75, 3.05) is 20.5 Å². The predicted octanol–water partition coefficient (Wildman–Crippen LogP) is 4.49. The minimum absolute atomic E-state index is 0.0480. The number of benzene rings is 3. The highest BCUT2D eigenvalue weighted by Gasteiger charge is 2.22. The van der Waals surface area contributed by atoms with Crippen molar-refractivity contribution in [2.24, 2.45) is 4.99 Å². The van der Waals surface area contributed by atoms with Gasteiger partial charge in [0.25, 0.3) is 5.69 Å². The van der Waals surface area contributed by atoms with Gasteiger partial charge in [-0.1, -0.05) is 11.8 Å². The molecule has 0 unspecified atom stereocenters. The highest BCUT2D eigenvalue weighted by atomic mass is 32.2. The third-order valence-electron chi connectivity index (χ3n) is 4.97. The van der Waals surface area contributed by atoms with Crippen molar-refractivity contribution < 1.29 is 31.8 Å². The van der Waals surface area contributed by atoms with Crippen LogP contribution in [0.15, 0.2) is 76.6 Å². The number of hydrogen-bond donors (Lipinski definition) is 2. The molecule has 12 nitrogen and oxygen atoms in total. The molecule has 0 spiro atoms. The number of non-ortho nitro benzene ring substituents is 1. The molecule has 3 rings (SSSR count). The zero-order valence-electron chi connectivity index (χ0n) is 20.3. The van der Waals surface area contributed by atoms with Crippen molar-refractivity contribution in [3.05, 3.63) is 88.0 Å². The van der Waals surface area contributed by atoms with E-state index in [1.54, 1.807) is 6.26 Å². The molecule has 0 aliphatic heterocycles. The molecule has 1 amide bonds. The highest BCUT2D eigenvalue weighted by Crippen LogP contribution is 2.29. The summed E-state index contributed by atoms with van der Waals surface area (Å²) in [4.78, 5) is 26.2. The minimum atomic E-state index is -4.33. The molecule has 0 aliphatic carbocycles. The number of aliphatic imine (C=N–C) groups is 1. The molecule has 0 heterocycles. The Morgan fingerprint density at radius 1 is 1.03 bits per heavy atom. The predicted molar refractivity (Wildman–Crippen MR) is 142 cm³/mol. The van der Waals surface area contributed by atoms with E-state index in [2.05, 4.69) is 15.0 Å². The van der Waals surface area contributed by atoms with Crippen LogP contribution in [0.4, 0.5) is 16.2 Å². The lowest BCUT2D eigenvalue weighted by Crippen LogP contribution is -2.27. The number of carbonyl (C=O) groups is 1. The zero-order chi connectivity index (χ0) is 27.9. The molecular formula is C24H22N4O8S2. The van der Waals surface area contributed by atoms with E-state index in [4.69, 9.17) is 14.3 Å². The molecule has 0 radical (unpaired) electrons. The standard InChI is InChI=1S/C24H22N4O8S2/c1-34-17-8-10-18(11-9-17)36-38(32,33)19-12-13-21(26-23(37-3)27-24(29)35-2)20(14-19)22(25)15-4-6-16(7-5-15)28(30)31/h4-14,25H,1-3H3,(H,26,27,29). The van der Waals surface area contributed by atoms with Gasteiger partial charge in [0.1, 0.15) is 16.4 Å². The molecule has 3 aromatic rings. The van der Waals surface area contributed by atoms with Gasteiger partial charge in [-0.3, -0.25) is 20.8 Å². The van der Waals surface area contributed by atoms with Crippen molar-refractivity contribution in [3.8, 4) is 11.5 Å². The number of hydrogen-bond acceptors (Lipinski definition) is 11. The monoisotopic (exact) mass is 558 g/mol. The molecule has 0 bridgehead atoms. The summed E-state index contributed by atoms with van der Waals surface area (Å²) in [5.74, 6) is 0.563. The fourth-order valence-electron chi connectivity index (χ4n) is 3.05. The van der Waals surface area contributed by atoms with E-state index in [0.29, 0.717) is 5.75 Å². The highest BCUT2D eigenvalue weighted by molar-refractivity contribution is 8.13. The Hall–Kier alpha value is -4.43. The van der Waals surface area contributed by atoms with Crippen LogP contribution in [-0.2, 0) is 14.9 Å². The summed E-state index contributed by atoms with van der Waals surface area (Å²) in [6.45, 7) is 0. The van der Waals surface area contributed by atoms with Crippen LogP contribution in [0.2, 0.25) is 0 Å². The summed E-state index contributed by atoms with van der Waals surface area (Å²) in [5, 5.41) is 22.3. The number of rotatable bonds is 8. The van der Waals surface area contributed by atoms with E-state index in [0.717, 1.165) is 11.8 Å². The summed E-state index contributed by atoms with van der Waals surface area (Å²) in [6, 6.07) is 14.9. The zero-order valence-corrected chi connectivity index (χ0v) is 22.0. The molecule has 0 aliphatic rings. The minimum Gasteiger partial charge on any atom is -0.497 e. The summed E-state index contributed by atoms with van der Waals surface area (Å²) in [6.07, 6.45) is 0.884. The number of nitro benzene ring substituents is 1. The summed E-state index contributed by atoms with van der Waals surface area (Å²) >= 11 is 1.08. The molecule has 38 heavy (non-hydrogen) atoms. The maximum Gasteiger partial charge on any atom is 0.412 e. The average Bonchev–Trinajstić information content (AvgIpc) is 2.92. The first kappa shape index (κ1) is 28.1. The van der Waals surface area contributed by atoms with E-state index in [1.165, 1.54) is 80.9 Å². The Bertz CT molecular complexity index is 1490. The number of alkyl carbamates (subject to hydrolysis) is 1. The van der Waals surface area contributed by atoms with Crippen LogP contribution in [0.5, 0.6) is 11.5 Å². The first-order chi connectivity index (χ1) is 18.1. The van der Waals surface area contributed by atoms with Crippen LogP contribution in [-0.4, -0.2) is 50.8 Å². The van der Waals surface area contributed by atoms with Gasteiger partial charge in [-0.2, -0.15) is 8.42 Å². The lowest BCUT2D eigenvalue weighted by Gasteiger charge is -2.13. The maximum atomic E-state index is 13.0. The normalized spacial score (nSPS) is 11.4. The first-order valence-corrected chi connectivity index (χ1v) is 13.2. The second kappa shape index (κ2) is 12.2. The van der Waals surface area contributed by atoms with Crippen LogP contribution in [0.3, 0.4) is 0 Å². The Labute approximate surface area is 222 Å². The number of amidine groups is 1. The van der Waals surface area contributed by atoms with Gasteiger partial charge in [0.15, 0.2) is 5.17 Å². The maximum absolute atomic E-state index is 13.0. The summed E-state index contributed by atoms with van der Waals surface area (Å²) < 4.78 is 41.0. The Morgan fingerprint density at radius 3 is 2.21 bits per heavy atom. The molecule has 2 N–H and O–H groups in total. The van der Waals surface area contributed by atoms with Gasteiger partial charge in [0.2, 0.25) is 0 Å². The van der Waals surface area contributed by atoms with Gasteiger partial charge in [-0.05, 0) is 60.9 Å². The number of nitrogens with one attached hydrogen (secondary N) is 2. The number of nitro groups is 1. The topological polar surface area (TPSA) is 170 Å². The van der Waals surface area contributed by atoms with E-state index in [1.807, 2.05) is 0 Å². The number of methoxy groups -OCH3 is 2. The smallest absolute Gasteiger partial charge is 0.412 e. The molecule has 14 heteroatoms. The molecule has 0 saturated carbocycles. The summed E-state index contributed by atoms with van der Waals surface area (Å²) in [5.41, 5.74) is 0.146. The molecule has 0 saturated heterocycles. The van der Waals surface area contributed by atoms with E-state index in [9.17, 15) is 23.3 Å². The largest absolute Gasteiger partial charge is 0.497 e. The van der Waals surface area contributed by atoms with Crippen molar-refractivity contribution in [1.29, 1.82) is 5.41 Å². The van der Waals surface area contributed by atoms with Crippen LogP contribution in [0, 0.1) is 15.5 Å². The average molecular weight is 559 g/mol. The Balaban J connectivity index is 2.08. The van der Waals surface area contributed by atoms with Crippen molar-refractivity contribution in [1.82, 2.24) is 5.32 Å². The molecule has 3 aromatic carbocycles. The lowest BCUT2D eigenvalue weighted by atomic mass is 10.0. The van der Waals surface area contributed by atoms with E-state index in [-0.39, 0.29) is 44.0 Å². The molecule has 0 fully saturated rings. The van der Waals surface area contributed by atoms with Gasteiger partial charge in [-0.15, -0.1) is 0 Å². The second-order valence-electron chi connectivity index (χ2n) is 7.31. The van der Waals surface area contributed by atoms with Crippen LogP contribution in [0.1, 0.15) is 11.1 Å². The van der Waals surface area contributed by atoms with Crippen molar-refractivity contribution >= 4 is 50.2 Å². The van der Waals surface area contributed by atoms with Crippen molar-refractivity contribution in [3.63, 3.8) is 0 Å². The first-order valence-electron chi connectivity index (χ1n) is 10.6. The number of thioether (sulfide) groups is 1. The number of carbonyl (C=O) groups excluding carboxylic acids is 1. The second-order valence-corrected chi connectivity index (χ2v) is 9.65. The fraction of sp³-hybridized carbons (Fsp3) is 0.125. The Kier molecular flexibility index (Phi) is 9.04. The SMILES string of the molecule is COC(=O)NC(=Nc1ccc(S(=O)(=O)Oc2ccc(OC)cc2)cc1C(=N)c1ccc([N+](=O)[O-])cc1)SC. The van der Waals surface area contributed by atoms with E-state index >= 15 is 0 Å². The Morgan fingerprint density at radius 2 is 1.66 bits per heavy atom. The lowest BCUT2D eigenvalue weighted by molar-refractivity contribution is -0.384. The van der Waals surface area contributed by atoms with Crippen LogP contribution >= 0.6 is 11.8 Å². The van der Waals surface area contributed by atoms with Gasteiger partial charge in [-0.25, -0.2) is 9.79 Å². The number of amides is 1. The van der Waals surface area contributed by atoms with Gasteiger partial charge < -0.3 is 13.7 Å². The molecule has 0 atom stereocenters. The van der Waals surface area contributed by atoms with Gasteiger partial charge in [0.05, 0.1) is 30.5 Å². The van der Waals surface area contributed by atoms with Crippen molar-refractivity contribution in [2.45, 2.75) is 4.90 Å². The van der Waals surface area contributed by atoms with E-state index < -0.39 is 21.1 Å². The summed E-state index contributed by atoms with van der Waals surface area (Å²) in [7, 11) is -1.67. The van der Waals surface area contributed by atoms with Gasteiger partial charge >= 0.3 is 16.2 Å². The fourth-order valence-corrected chi connectivity index (χ4v) is 4.38. The molecule has 198 valence electrons. The van der Waals surface area contributed by atoms with Crippen LogP contribution < -0.4 is 14.2 Å². The number of nitrogens with zero attached hydrogens (tertiary/aromatic N) is 2. The molecular weight excluding hydrogens is 536 g/mol. The van der Waals surface area contributed by atoms with Crippen LogP contribution in [0.25, 0.3) is 0 Å². The molecule has 0 aromatic heterocycles. The third-order valence-corrected chi connectivity index (χ3v) is 6.79. The number of ether oxygens (including phenoxy) is 2. The third kappa shape index (κ3) is 6.86.